The maximum Gasteiger partial charge on any atom is 0.488 e. The third kappa shape index (κ3) is 2.03. The Morgan fingerprint density at radius 3 is 2.27 bits per heavy atom. The molecule has 0 bridgehead atoms. The molecular weight excluding hydrogens is 195 g/mol. The molecule has 0 amide bonds. The Hall–Kier alpha value is -1.33. The first-order chi connectivity index (χ1) is 7.09. The number of hydrogen-bond acceptors (Lipinski definition) is 3. The second-order valence-corrected chi connectivity index (χ2v) is 3.83. The van der Waals surface area contributed by atoms with E-state index in [1.165, 1.54) is 0 Å². The Morgan fingerprint density at radius 1 is 1.27 bits per heavy atom. The smallest absolute Gasteiger partial charge is 0.481 e. The monoisotopic (exact) mass is 206 g/mol. The average molecular weight is 206 g/mol. The standard InChI is InChI=1S/C10H11BO4/c12-10(13)9-5-8(9)6-1-3-7(4-2-6)11(14)15/h1-4,8-9,14-15H,5H2,(H,12,13)/t8-,9+/m1/s1. The van der Waals surface area contributed by atoms with E-state index in [0.29, 0.717) is 11.9 Å². The summed E-state index contributed by atoms with van der Waals surface area (Å²) in [5.41, 5.74) is 1.37. The second kappa shape index (κ2) is 3.68. The molecule has 1 aromatic rings. The minimum Gasteiger partial charge on any atom is -0.481 e. The van der Waals surface area contributed by atoms with E-state index in [-0.39, 0.29) is 11.8 Å². The van der Waals surface area contributed by atoms with Crippen LogP contribution in [0.3, 0.4) is 0 Å². The summed E-state index contributed by atoms with van der Waals surface area (Å²) in [5, 5.41) is 26.5. The van der Waals surface area contributed by atoms with Crippen molar-refractivity contribution >= 4 is 18.6 Å². The van der Waals surface area contributed by atoms with Gasteiger partial charge in [-0.15, -0.1) is 0 Å². The van der Waals surface area contributed by atoms with E-state index in [1.54, 1.807) is 24.3 Å². The minimum absolute atomic E-state index is 0.0902. The lowest BCUT2D eigenvalue weighted by Crippen LogP contribution is -2.29. The van der Waals surface area contributed by atoms with E-state index in [2.05, 4.69) is 0 Å². The van der Waals surface area contributed by atoms with E-state index in [1.807, 2.05) is 0 Å². The molecule has 0 radical (unpaired) electrons. The summed E-state index contributed by atoms with van der Waals surface area (Å²) in [6, 6.07) is 6.72. The molecule has 1 aromatic carbocycles. The summed E-state index contributed by atoms with van der Waals surface area (Å²) in [6.07, 6.45) is 0.677. The molecule has 1 aliphatic rings. The highest BCUT2D eigenvalue weighted by atomic mass is 16.4. The van der Waals surface area contributed by atoms with Crippen LogP contribution in [0.5, 0.6) is 0 Å². The van der Waals surface area contributed by atoms with Crippen molar-refractivity contribution in [1.29, 1.82) is 0 Å². The maximum atomic E-state index is 10.6. The van der Waals surface area contributed by atoms with Gasteiger partial charge in [0.25, 0.3) is 0 Å². The number of rotatable bonds is 3. The summed E-state index contributed by atoms with van der Waals surface area (Å²) in [7, 11) is -1.46. The highest BCUT2D eigenvalue weighted by Gasteiger charge is 2.44. The van der Waals surface area contributed by atoms with Crippen LogP contribution in [0.1, 0.15) is 17.9 Å². The van der Waals surface area contributed by atoms with Gasteiger partial charge in [-0.05, 0) is 23.4 Å². The number of carboxylic acid groups (broad SMARTS) is 1. The van der Waals surface area contributed by atoms with E-state index in [4.69, 9.17) is 15.2 Å². The van der Waals surface area contributed by atoms with Gasteiger partial charge in [-0.3, -0.25) is 4.79 Å². The van der Waals surface area contributed by atoms with Gasteiger partial charge in [-0.25, -0.2) is 0 Å². The Labute approximate surface area is 87.3 Å². The number of aliphatic carboxylic acids is 1. The fourth-order valence-corrected chi connectivity index (χ4v) is 1.75. The summed E-state index contributed by atoms with van der Waals surface area (Å²) in [6.45, 7) is 0. The summed E-state index contributed by atoms with van der Waals surface area (Å²) in [4.78, 5) is 10.6. The molecule has 78 valence electrons. The molecule has 2 atom stereocenters. The molecule has 4 nitrogen and oxygen atoms in total. The molecule has 0 unspecified atom stereocenters. The van der Waals surface area contributed by atoms with Crippen LogP contribution in [0.15, 0.2) is 24.3 Å². The molecule has 1 saturated carbocycles. The van der Waals surface area contributed by atoms with E-state index in [9.17, 15) is 4.79 Å². The van der Waals surface area contributed by atoms with Gasteiger partial charge < -0.3 is 15.2 Å². The highest BCUT2D eigenvalue weighted by molar-refractivity contribution is 6.58. The van der Waals surface area contributed by atoms with E-state index in [0.717, 1.165) is 5.56 Å². The lowest BCUT2D eigenvalue weighted by Gasteiger charge is -2.01. The van der Waals surface area contributed by atoms with Crippen LogP contribution in [-0.4, -0.2) is 28.2 Å². The number of benzene rings is 1. The summed E-state index contributed by atoms with van der Waals surface area (Å²) < 4.78 is 0. The van der Waals surface area contributed by atoms with E-state index >= 15 is 0 Å². The van der Waals surface area contributed by atoms with Crippen LogP contribution in [0.25, 0.3) is 0 Å². The van der Waals surface area contributed by atoms with Gasteiger partial charge in [0, 0.05) is 0 Å². The van der Waals surface area contributed by atoms with Crippen molar-refractivity contribution in [2.24, 2.45) is 5.92 Å². The van der Waals surface area contributed by atoms with Crippen molar-refractivity contribution in [2.75, 3.05) is 0 Å². The van der Waals surface area contributed by atoms with Crippen LogP contribution in [-0.2, 0) is 4.79 Å². The molecule has 1 aliphatic carbocycles. The maximum absolute atomic E-state index is 10.6. The van der Waals surface area contributed by atoms with Gasteiger partial charge >= 0.3 is 13.1 Å². The van der Waals surface area contributed by atoms with Gasteiger partial charge in [-0.2, -0.15) is 0 Å². The molecule has 15 heavy (non-hydrogen) atoms. The molecule has 0 heterocycles. The number of hydrogen-bond donors (Lipinski definition) is 3. The Morgan fingerprint density at radius 2 is 1.87 bits per heavy atom. The largest absolute Gasteiger partial charge is 0.488 e. The second-order valence-electron chi connectivity index (χ2n) is 3.83. The predicted octanol–water partition coefficient (Wildman–Crippen LogP) is -0.445. The zero-order chi connectivity index (χ0) is 11.0. The molecule has 0 spiro atoms. The molecule has 3 N–H and O–H groups in total. The number of carboxylic acids is 1. The Balaban J connectivity index is 2.09. The van der Waals surface area contributed by atoms with Crippen LogP contribution < -0.4 is 5.46 Å². The van der Waals surface area contributed by atoms with Gasteiger partial charge in [0.05, 0.1) is 5.92 Å². The number of carbonyl (C=O) groups is 1. The van der Waals surface area contributed by atoms with Gasteiger partial charge in [0.2, 0.25) is 0 Å². The fraction of sp³-hybridized carbons (Fsp3) is 0.300. The first kappa shape index (κ1) is 10.2. The van der Waals surface area contributed by atoms with Crippen LogP contribution >= 0.6 is 0 Å². The average Bonchev–Trinajstić information content (AvgIpc) is 2.97. The fourth-order valence-electron chi connectivity index (χ4n) is 1.75. The van der Waals surface area contributed by atoms with E-state index < -0.39 is 13.1 Å². The van der Waals surface area contributed by atoms with Gasteiger partial charge in [0.1, 0.15) is 0 Å². The molecule has 0 saturated heterocycles. The van der Waals surface area contributed by atoms with Gasteiger partial charge in [-0.1, -0.05) is 24.3 Å². The topological polar surface area (TPSA) is 77.8 Å². The SMILES string of the molecule is O=C(O)[C@H]1C[C@@H]1c1ccc(B(O)O)cc1. The first-order valence-corrected chi connectivity index (χ1v) is 4.78. The zero-order valence-corrected chi connectivity index (χ0v) is 8.00. The normalized spacial score (nSPS) is 23.6. The lowest BCUT2D eigenvalue weighted by atomic mass is 9.80. The van der Waals surface area contributed by atoms with Crippen molar-refractivity contribution < 1.29 is 19.9 Å². The molecule has 2 rings (SSSR count). The summed E-state index contributed by atoms with van der Waals surface area (Å²) >= 11 is 0. The molecule has 0 aromatic heterocycles. The third-order valence-electron chi connectivity index (χ3n) is 2.77. The highest BCUT2D eigenvalue weighted by Crippen LogP contribution is 2.47. The van der Waals surface area contributed by atoms with Crippen LogP contribution in [0.2, 0.25) is 0 Å². The minimum atomic E-state index is -1.46. The Kier molecular flexibility index (Phi) is 2.50. The molecule has 1 fully saturated rings. The zero-order valence-electron chi connectivity index (χ0n) is 8.00. The molecular formula is C10H11BO4. The summed E-state index contributed by atoms with van der Waals surface area (Å²) in [5.74, 6) is -0.937. The van der Waals surface area contributed by atoms with Crippen LogP contribution in [0, 0.1) is 5.92 Å². The van der Waals surface area contributed by atoms with Crippen molar-refractivity contribution in [3.05, 3.63) is 29.8 Å². The van der Waals surface area contributed by atoms with Crippen molar-refractivity contribution in [3.8, 4) is 0 Å². The van der Waals surface area contributed by atoms with Crippen molar-refractivity contribution in [1.82, 2.24) is 0 Å². The third-order valence-corrected chi connectivity index (χ3v) is 2.77. The van der Waals surface area contributed by atoms with Crippen LogP contribution in [0.4, 0.5) is 0 Å². The van der Waals surface area contributed by atoms with Crippen molar-refractivity contribution in [3.63, 3.8) is 0 Å². The quantitative estimate of drug-likeness (QED) is 0.585. The molecule has 5 heteroatoms. The predicted molar refractivity (Wildman–Crippen MR) is 54.8 cm³/mol. The van der Waals surface area contributed by atoms with Crippen molar-refractivity contribution in [2.45, 2.75) is 12.3 Å². The molecule has 0 aliphatic heterocycles. The first-order valence-electron chi connectivity index (χ1n) is 4.78. The van der Waals surface area contributed by atoms with Gasteiger partial charge in [0.15, 0.2) is 0 Å². The lowest BCUT2D eigenvalue weighted by molar-refractivity contribution is -0.138. The Bertz CT molecular complexity index is 374.